The van der Waals surface area contributed by atoms with Crippen molar-refractivity contribution in [3.63, 3.8) is 0 Å². The maximum atomic E-state index is 11.6. The number of hydrazine groups is 2. The number of benzene rings is 1. The average molecular weight is 332 g/mol. The minimum Gasteiger partial charge on any atom is -0.493 e. The van der Waals surface area contributed by atoms with E-state index in [0.29, 0.717) is 23.5 Å². The van der Waals surface area contributed by atoms with Crippen molar-refractivity contribution < 1.29 is 14.3 Å². The van der Waals surface area contributed by atoms with Crippen LogP contribution in [0.5, 0.6) is 11.5 Å². The van der Waals surface area contributed by atoms with Gasteiger partial charge in [-0.1, -0.05) is 0 Å². The van der Waals surface area contributed by atoms with E-state index in [9.17, 15) is 4.79 Å². The quantitative estimate of drug-likeness (QED) is 0.416. The van der Waals surface area contributed by atoms with E-state index in [2.05, 4.69) is 9.97 Å². The van der Waals surface area contributed by atoms with E-state index >= 15 is 0 Å². The molecule has 0 aliphatic rings. The fourth-order valence-electron chi connectivity index (χ4n) is 2.28. The molecule has 24 heavy (non-hydrogen) atoms. The highest BCUT2D eigenvalue weighted by atomic mass is 16.5. The minimum atomic E-state index is -0.681. The largest absolute Gasteiger partial charge is 0.493 e. The number of carbonyl (C=O) groups is 1. The molecule has 0 bridgehead atoms. The molecule has 2 amide bonds. The second-order valence-electron chi connectivity index (χ2n) is 5.00. The molecule has 1 heterocycles. The maximum Gasteiger partial charge on any atom is 0.351 e. The van der Waals surface area contributed by atoms with Gasteiger partial charge in [0.1, 0.15) is 6.33 Å². The number of amides is 2. The summed E-state index contributed by atoms with van der Waals surface area (Å²) in [6.45, 7) is 1.95. The molecule has 1 aromatic carbocycles. The number of methoxy groups -OCH3 is 2. The zero-order valence-electron chi connectivity index (χ0n) is 13.7. The number of nitrogens with one attached hydrogen (secondary N) is 1. The number of urea groups is 1. The van der Waals surface area contributed by atoms with Gasteiger partial charge in [-0.2, -0.15) is 0 Å². The first-order valence-corrected chi connectivity index (χ1v) is 7.07. The Balaban J connectivity index is 2.40. The lowest BCUT2D eigenvalue weighted by atomic mass is 10.0. The van der Waals surface area contributed by atoms with E-state index in [1.807, 2.05) is 24.5 Å². The summed E-state index contributed by atoms with van der Waals surface area (Å²) < 4.78 is 10.6. The van der Waals surface area contributed by atoms with Gasteiger partial charge in [-0.15, -0.1) is 0 Å². The van der Waals surface area contributed by atoms with Gasteiger partial charge in [-0.3, -0.25) is 5.43 Å². The molecule has 2 aromatic rings. The summed E-state index contributed by atoms with van der Waals surface area (Å²) in [7, 11) is 3.15. The number of rotatable bonds is 5. The number of nitrogens with zero attached hydrogens (tertiary/aromatic N) is 3. The van der Waals surface area contributed by atoms with Crippen LogP contribution in [0.15, 0.2) is 24.7 Å². The number of aromatic nitrogens is 2. The smallest absolute Gasteiger partial charge is 0.351 e. The van der Waals surface area contributed by atoms with Gasteiger partial charge in [0, 0.05) is 18.2 Å². The number of anilines is 1. The molecule has 0 fully saturated rings. The van der Waals surface area contributed by atoms with Crippen LogP contribution in [0.25, 0.3) is 0 Å². The Morgan fingerprint density at radius 2 is 1.92 bits per heavy atom. The highest BCUT2D eigenvalue weighted by Crippen LogP contribution is 2.32. The Labute approximate surface area is 139 Å². The number of carbonyl (C=O) groups excluding carboxylic acids is 1. The summed E-state index contributed by atoms with van der Waals surface area (Å²) in [5.74, 6) is 12.4. The summed E-state index contributed by atoms with van der Waals surface area (Å²) in [5.41, 5.74) is 4.59. The first-order valence-electron chi connectivity index (χ1n) is 7.07. The predicted octanol–water partition coefficient (Wildman–Crippen LogP) is 0.656. The van der Waals surface area contributed by atoms with E-state index in [4.69, 9.17) is 21.2 Å². The van der Waals surface area contributed by atoms with Crippen molar-refractivity contribution in [1.29, 1.82) is 0 Å². The monoisotopic (exact) mass is 332 g/mol. The molecule has 2 rings (SSSR count). The molecule has 5 N–H and O–H groups in total. The molecule has 0 aliphatic heterocycles. The van der Waals surface area contributed by atoms with Crippen LogP contribution in [0.1, 0.15) is 16.7 Å². The molecule has 0 aliphatic carbocycles. The zero-order chi connectivity index (χ0) is 17.7. The molecule has 0 radical (unpaired) electrons. The zero-order valence-corrected chi connectivity index (χ0v) is 13.7. The van der Waals surface area contributed by atoms with Gasteiger partial charge in [0.25, 0.3) is 0 Å². The number of ether oxygens (including phenoxy) is 2. The fraction of sp³-hybridized carbons (Fsp3) is 0.267. The summed E-state index contributed by atoms with van der Waals surface area (Å²) >= 11 is 0. The lowest BCUT2D eigenvalue weighted by Gasteiger charge is -2.18. The summed E-state index contributed by atoms with van der Waals surface area (Å²) in [5, 5.41) is 0.840. The van der Waals surface area contributed by atoms with Crippen LogP contribution >= 0.6 is 0 Å². The molecule has 9 heteroatoms. The normalized spacial score (nSPS) is 10.2. The third kappa shape index (κ3) is 3.53. The van der Waals surface area contributed by atoms with Crippen molar-refractivity contribution in [2.24, 2.45) is 11.7 Å². The number of aryl methyl sites for hydroxylation is 1. The Bertz CT molecular complexity index is 737. The lowest BCUT2D eigenvalue weighted by molar-refractivity contribution is 0.246. The van der Waals surface area contributed by atoms with Crippen LogP contribution in [0.2, 0.25) is 0 Å². The molecule has 128 valence electrons. The van der Waals surface area contributed by atoms with E-state index < -0.39 is 6.03 Å². The van der Waals surface area contributed by atoms with Crippen molar-refractivity contribution in [2.45, 2.75) is 13.3 Å². The van der Waals surface area contributed by atoms with E-state index in [1.54, 1.807) is 20.4 Å². The molecular weight excluding hydrogens is 312 g/mol. The average Bonchev–Trinajstić information content (AvgIpc) is 2.62. The van der Waals surface area contributed by atoms with Gasteiger partial charge in [0.15, 0.2) is 17.3 Å². The summed E-state index contributed by atoms with van der Waals surface area (Å²) in [4.78, 5) is 19.7. The van der Waals surface area contributed by atoms with Crippen LogP contribution in [-0.4, -0.2) is 30.2 Å². The highest BCUT2D eigenvalue weighted by Gasteiger charge is 2.18. The van der Waals surface area contributed by atoms with E-state index in [-0.39, 0.29) is 5.82 Å². The minimum absolute atomic E-state index is 0.266. The van der Waals surface area contributed by atoms with Crippen LogP contribution in [0, 0.1) is 6.92 Å². The number of hydrogen-bond acceptors (Lipinski definition) is 7. The fourth-order valence-corrected chi connectivity index (χ4v) is 2.28. The van der Waals surface area contributed by atoms with Crippen molar-refractivity contribution >= 4 is 11.8 Å². The molecule has 0 atom stereocenters. The highest BCUT2D eigenvalue weighted by molar-refractivity contribution is 5.89. The van der Waals surface area contributed by atoms with Crippen molar-refractivity contribution in [2.75, 3.05) is 19.2 Å². The Morgan fingerprint density at radius 3 is 2.54 bits per heavy atom. The molecule has 0 spiro atoms. The second-order valence-corrected chi connectivity index (χ2v) is 5.00. The molecule has 0 saturated carbocycles. The topological polar surface area (TPSA) is 129 Å². The first kappa shape index (κ1) is 17.4. The van der Waals surface area contributed by atoms with Crippen LogP contribution in [-0.2, 0) is 6.42 Å². The molecule has 9 nitrogen and oxygen atoms in total. The Kier molecular flexibility index (Phi) is 5.51. The maximum absolute atomic E-state index is 11.6. The SMILES string of the molecule is COc1cc(C)c(Cc2cncnc2N(N)C(=O)NN)cc1OC. The van der Waals surface area contributed by atoms with Crippen LogP contribution in [0.3, 0.4) is 0 Å². The van der Waals surface area contributed by atoms with Crippen molar-refractivity contribution in [3.05, 3.63) is 41.3 Å². The van der Waals surface area contributed by atoms with Gasteiger partial charge in [0.05, 0.1) is 14.2 Å². The lowest BCUT2D eigenvalue weighted by Crippen LogP contribution is -2.48. The second kappa shape index (κ2) is 7.57. The standard InChI is InChI=1S/C15H20N6O3/c1-9-4-12(23-2)13(24-3)6-10(9)5-11-7-18-8-19-14(11)21(17)15(22)20-16/h4,6-8H,5,16-17H2,1-3H3,(H,20,22). The van der Waals surface area contributed by atoms with Gasteiger partial charge >= 0.3 is 6.03 Å². The third-order valence-electron chi connectivity index (χ3n) is 3.56. The van der Waals surface area contributed by atoms with Gasteiger partial charge in [-0.25, -0.2) is 31.5 Å². The Morgan fingerprint density at radius 1 is 1.25 bits per heavy atom. The van der Waals surface area contributed by atoms with Gasteiger partial charge in [-0.05, 0) is 30.2 Å². The number of nitrogens with two attached hydrogens (primary N) is 2. The summed E-state index contributed by atoms with van der Waals surface area (Å²) in [6, 6.07) is 3.07. The van der Waals surface area contributed by atoms with Crippen molar-refractivity contribution in [1.82, 2.24) is 15.4 Å². The van der Waals surface area contributed by atoms with Crippen LogP contribution in [0.4, 0.5) is 10.6 Å². The molecule has 1 aromatic heterocycles. The van der Waals surface area contributed by atoms with Gasteiger partial charge in [0.2, 0.25) is 0 Å². The van der Waals surface area contributed by atoms with E-state index in [0.717, 1.165) is 16.1 Å². The summed E-state index contributed by atoms with van der Waals surface area (Å²) in [6.07, 6.45) is 3.36. The Hall–Kier alpha value is -2.91. The third-order valence-corrected chi connectivity index (χ3v) is 3.56. The number of hydrogen-bond donors (Lipinski definition) is 3. The van der Waals surface area contributed by atoms with Crippen molar-refractivity contribution in [3.8, 4) is 11.5 Å². The predicted molar refractivity (Wildman–Crippen MR) is 88.5 cm³/mol. The molecule has 0 saturated heterocycles. The van der Waals surface area contributed by atoms with Gasteiger partial charge < -0.3 is 9.47 Å². The first-order chi connectivity index (χ1) is 11.5. The molecular formula is C15H20N6O3. The molecule has 0 unspecified atom stereocenters. The van der Waals surface area contributed by atoms with Crippen LogP contribution < -0.4 is 31.6 Å². The van der Waals surface area contributed by atoms with E-state index in [1.165, 1.54) is 6.33 Å².